The van der Waals surface area contributed by atoms with Gasteiger partial charge in [0.1, 0.15) is 18.0 Å². The summed E-state index contributed by atoms with van der Waals surface area (Å²) in [7, 11) is 0. The van der Waals surface area contributed by atoms with E-state index in [0.29, 0.717) is 37.5 Å². The van der Waals surface area contributed by atoms with Gasteiger partial charge in [-0.1, -0.05) is 0 Å². The van der Waals surface area contributed by atoms with Crippen LogP contribution < -0.4 is 15.5 Å². The third-order valence-electron chi connectivity index (χ3n) is 4.37. The number of carbonyl (C=O) groups excluding carboxylic acids is 1. The summed E-state index contributed by atoms with van der Waals surface area (Å²) in [5.74, 6) is -0.278. The number of aromatic nitrogens is 4. The van der Waals surface area contributed by atoms with E-state index in [1.165, 1.54) is 18.5 Å². The Hall–Kier alpha value is -3.23. The standard InChI is InChI=1S/C16H16FN7O/c17-10-1-2-13(11(7-10)14(18)25)23-3-5-24(6-4-23)16-12-8-21-22-15(12)19-9-20-16/h1-2,7-9H,3-6H2,(H2,18,25)(H,19,20,21,22). The van der Waals surface area contributed by atoms with Crippen molar-refractivity contribution in [3.63, 3.8) is 0 Å². The fourth-order valence-electron chi connectivity index (χ4n) is 3.14. The molecule has 0 radical (unpaired) electrons. The molecule has 1 amide bonds. The molecule has 0 aliphatic carbocycles. The largest absolute Gasteiger partial charge is 0.367 e. The molecule has 1 aliphatic rings. The van der Waals surface area contributed by atoms with Gasteiger partial charge < -0.3 is 15.5 Å². The van der Waals surface area contributed by atoms with E-state index in [1.54, 1.807) is 12.3 Å². The van der Waals surface area contributed by atoms with E-state index in [2.05, 4.69) is 25.1 Å². The number of H-pyrrole nitrogens is 1. The molecule has 1 aromatic carbocycles. The third-order valence-corrected chi connectivity index (χ3v) is 4.37. The zero-order chi connectivity index (χ0) is 17.4. The Morgan fingerprint density at radius 3 is 2.68 bits per heavy atom. The van der Waals surface area contributed by atoms with E-state index < -0.39 is 11.7 Å². The second-order valence-corrected chi connectivity index (χ2v) is 5.83. The molecule has 9 heteroatoms. The minimum atomic E-state index is -0.632. The normalized spacial score (nSPS) is 14.9. The second kappa shape index (κ2) is 6.00. The van der Waals surface area contributed by atoms with Crippen molar-refractivity contribution < 1.29 is 9.18 Å². The van der Waals surface area contributed by atoms with E-state index in [-0.39, 0.29) is 5.56 Å². The van der Waals surface area contributed by atoms with Crippen molar-refractivity contribution in [3.8, 4) is 0 Å². The number of nitrogens with two attached hydrogens (primary N) is 1. The van der Waals surface area contributed by atoms with Crippen molar-refractivity contribution in [2.45, 2.75) is 0 Å². The van der Waals surface area contributed by atoms with Gasteiger partial charge in [0.05, 0.1) is 17.1 Å². The Labute approximate surface area is 142 Å². The first-order valence-electron chi connectivity index (χ1n) is 7.87. The topological polar surface area (TPSA) is 104 Å². The summed E-state index contributed by atoms with van der Waals surface area (Å²) in [4.78, 5) is 24.3. The average Bonchev–Trinajstić information content (AvgIpc) is 3.10. The molecule has 0 spiro atoms. The molecule has 0 bridgehead atoms. The van der Waals surface area contributed by atoms with Gasteiger partial charge in [-0.2, -0.15) is 5.10 Å². The lowest BCUT2D eigenvalue weighted by Gasteiger charge is -2.37. The lowest BCUT2D eigenvalue weighted by atomic mass is 10.1. The van der Waals surface area contributed by atoms with Crippen LogP contribution in [0.1, 0.15) is 10.4 Å². The lowest BCUT2D eigenvalue weighted by molar-refractivity contribution is 0.100. The highest BCUT2D eigenvalue weighted by Gasteiger charge is 2.23. The molecule has 0 unspecified atom stereocenters. The molecular weight excluding hydrogens is 325 g/mol. The third kappa shape index (κ3) is 2.73. The molecule has 1 fully saturated rings. The first kappa shape index (κ1) is 15.3. The van der Waals surface area contributed by atoms with Crippen molar-refractivity contribution in [2.75, 3.05) is 36.0 Å². The summed E-state index contributed by atoms with van der Waals surface area (Å²) in [5.41, 5.74) is 6.94. The van der Waals surface area contributed by atoms with Crippen molar-refractivity contribution in [1.29, 1.82) is 0 Å². The Morgan fingerprint density at radius 1 is 1.16 bits per heavy atom. The summed E-state index contributed by atoms with van der Waals surface area (Å²) in [6, 6.07) is 4.13. The Bertz CT molecular complexity index is 933. The van der Waals surface area contributed by atoms with Gasteiger partial charge in [0.25, 0.3) is 5.91 Å². The highest BCUT2D eigenvalue weighted by molar-refractivity contribution is 5.98. The first-order chi connectivity index (χ1) is 12.1. The molecule has 1 aliphatic heterocycles. The molecule has 4 rings (SSSR count). The predicted molar refractivity (Wildman–Crippen MR) is 91.0 cm³/mol. The smallest absolute Gasteiger partial charge is 0.250 e. The van der Waals surface area contributed by atoms with Gasteiger partial charge in [0.2, 0.25) is 0 Å². The van der Waals surface area contributed by atoms with E-state index in [4.69, 9.17) is 5.73 Å². The molecular formula is C16H16FN7O. The molecule has 8 nitrogen and oxygen atoms in total. The fourth-order valence-corrected chi connectivity index (χ4v) is 3.14. The molecule has 128 valence electrons. The zero-order valence-electron chi connectivity index (χ0n) is 13.3. The number of benzene rings is 1. The summed E-state index contributed by atoms with van der Waals surface area (Å²) >= 11 is 0. The van der Waals surface area contributed by atoms with Crippen LogP contribution in [0.4, 0.5) is 15.9 Å². The minimum absolute atomic E-state index is 0.202. The van der Waals surface area contributed by atoms with Crippen molar-refractivity contribution in [3.05, 3.63) is 42.1 Å². The number of hydrogen-bond donors (Lipinski definition) is 2. The van der Waals surface area contributed by atoms with Crippen LogP contribution in [0, 0.1) is 5.82 Å². The number of primary amides is 1. The maximum atomic E-state index is 13.4. The number of rotatable bonds is 3. The molecule has 0 atom stereocenters. The SMILES string of the molecule is NC(=O)c1cc(F)ccc1N1CCN(c2ncnc3[nH]ncc23)CC1. The van der Waals surface area contributed by atoms with Crippen molar-refractivity contribution in [1.82, 2.24) is 20.2 Å². The van der Waals surface area contributed by atoms with Crippen LogP contribution in [-0.2, 0) is 0 Å². The van der Waals surface area contributed by atoms with Gasteiger partial charge in [0.15, 0.2) is 5.65 Å². The highest BCUT2D eigenvalue weighted by Crippen LogP contribution is 2.26. The van der Waals surface area contributed by atoms with Gasteiger partial charge in [0, 0.05) is 31.9 Å². The number of halogens is 1. The van der Waals surface area contributed by atoms with Crippen LogP contribution in [0.25, 0.3) is 11.0 Å². The number of aromatic amines is 1. The van der Waals surface area contributed by atoms with Crippen molar-refractivity contribution in [2.24, 2.45) is 5.73 Å². The molecule has 3 aromatic rings. The van der Waals surface area contributed by atoms with Gasteiger partial charge >= 0.3 is 0 Å². The second-order valence-electron chi connectivity index (χ2n) is 5.83. The van der Waals surface area contributed by atoms with Gasteiger partial charge in [-0.25, -0.2) is 14.4 Å². The van der Waals surface area contributed by atoms with Gasteiger partial charge in [-0.15, -0.1) is 0 Å². The molecule has 1 saturated heterocycles. The number of nitrogens with zero attached hydrogens (tertiary/aromatic N) is 5. The number of nitrogens with one attached hydrogen (secondary N) is 1. The molecule has 3 heterocycles. The van der Waals surface area contributed by atoms with Crippen LogP contribution in [0.5, 0.6) is 0 Å². The van der Waals surface area contributed by atoms with E-state index in [9.17, 15) is 9.18 Å². The maximum absolute atomic E-state index is 13.4. The fraction of sp³-hybridized carbons (Fsp3) is 0.250. The van der Waals surface area contributed by atoms with E-state index in [0.717, 1.165) is 11.2 Å². The summed E-state index contributed by atoms with van der Waals surface area (Å²) < 4.78 is 13.4. The summed E-state index contributed by atoms with van der Waals surface area (Å²) in [5, 5.41) is 7.71. The predicted octanol–water partition coefficient (Wildman–Crippen LogP) is 0.917. The first-order valence-corrected chi connectivity index (χ1v) is 7.87. The Balaban J connectivity index is 1.56. The number of carbonyl (C=O) groups is 1. The molecule has 0 saturated carbocycles. The quantitative estimate of drug-likeness (QED) is 0.734. The van der Waals surface area contributed by atoms with Crippen molar-refractivity contribution >= 4 is 28.4 Å². The van der Waals surface area contributed by atoms with Crippen LogP contribution >= 0.6 is 0 Å². The molecule has 25 heavy (non-hydrogen) atoms. The van der Waals surface area contributed by atoms with Crippen LogP contribution in [-0.4, -0.2) is 52.3 Å². The number of amides is 1. The van der Waals surface area contributed by atoms with Crippen LogP contribution in [0.15, 0.2) is 30.7 Å². The number of anilines is 2. The highest BCUT2D eigenvalue weighted by atomic mass is 19.1. The summed E-state index contributed by atoms with van der Waals surface area (Å²) in [6.07, 6.45) is 3.22. The lowest BCUT2D eigenvalue weighted by Crippen LogP contribution is -2.47. The zero-order valence-corrected chi connectivity index (χ0v) is 13.3. The summed E-state index contributed by atoms with van der Waals surface area (Å²) in [6.45, 7) is 2.73. The number of piperazine rings is 1. The molecule has 3 N–H and O–H groups in total. The van der Waals surface area contributed by atoms with Gasteiger partial charge in [-0.05, 0) is 18.2 Å². The number of hydrogen-bond acceptors (Lipinski definition) is 6. The van der Waals surface area contributed by atoms with E-state index >= 15 is 0 Å². The van der Waals surface area contributed by atoms with Gasteiger partial charge in [-0.3, -0.25) is 9.89 Å². The minimum Gasteiger partial charge on any atom is -0.367 e. The van der Waals surface area contributed by atoms with Crippen LogP contribution in [0.3, 0.4) is 0 Å². The van der Waals surface area contributed by atoms with Crippen LogP contribution in [0.2, 0.25) is 0 Å². The Kier molecular flexibility index (Phi) is 3.68. The Morgan fingerprint density at radius 2 is 1.92 bits per heavy atom. The number of fused-ring (bicyclic) bond motifs is 1. The average molecular weight is 341 g/mol. The monoisotopic (exact) mass is 341 g/mol. The molecule has 2 aromatic heterocycles. The maximum Gasteiger partial charge on any atom is 0.250 e. The van der Waals surface area contributed by atoms with E-state index in [1.807, 2.05) is 4.90 Å².